The molecule has 2 aliphatic heterocycles. The number of carbonyl (C=O) groups is 5. The topological polar surface area (TPSA) is 183 Å². The summed E-state index contributed by atoms with van der Waals surface area (Å²) in [6.07, 6.45) is -8.24. The molecule has 5 aliphatic rings. The van der Waals surface area contributed by atoms with E-state index in [1.54, 1.807) is 117 Å². The Morgan fingerprint density at radius 1 is 0.889 bits per heavy atom. The first-order valence-electron chi connectivity index (χ1n) is 21.5. The summed E-state index contributed by atoms with van der Waals surface area (Å²) >= 11 is 0. The number of rotatable bonds is 8. The maximum absolute atomic E-state index is 15.7. The van der Waals surface area contributed by atoms with E-state index < -0.39 is 112 Å². The number of Topliss-reactive ketones (excluding diaryl/α,β-unsaturated/α-hetero) is 1. The van der Waals surface area contributed by atoms with Crippen LogP contribution < -0.4 is 0 Å². The van der Waals surface area contributed by atoms with Crippen LogP contribution in [0.15, 0.2) is 71.8 Å². The van der Waals surface area contributed by atoms with Crippen molar-refractivity contribution in [2.45, 2.75) is 147 Å². The number of ketones is 1. The number of hydrogen-bond donors (Lipinski definition) is 1. The van der Waals surface area contributed by atoms with Crippen LogP contribution in [-0.2, 0) is 52.3 Å². The molecule has 11 atom stereocenters. The van der Waals surface area contributed by atoms with E-state index in [1.807, 2.05) is 6.07 Å². The van der Waals surface area contributed by atoms with Crippen molar-refractivity contribution < 1.29 is 67.0 Å². The molecule has 3 aliphatic carbocycles. The second-order valence-electron chi connectivity index (χ2n) is 19.7. The molecule has 1 N–H and O–H groups in total. The van der Waals surface area contributed by atoms with Gasteiger partial charge in [-0.1, -0.05) is 62.4 Å². The van der Waals surface area contributed by atoms with Gasteiger partial charge in [0.2, 0.25) is 0 Å². The minimum atomic E-state index is -2.18. The molecule has 2 aromatic rings. The van der Waals surface area contributed by atoms with Crippen molar-refractivity contribution in [3.05, 3.63) is 82.9 Å². The van der Waals surface area contributed by atoms with E-state index in [0.717, 1.165) is 0 Å². The fourth-order valence-corrected chi connectivity index (χ4v) is 11.2. The van der Waals surface area contributed by atoms with Gasteiger partial charge >= 0.3 is 24.0 Å². The van der Waals surface area contributed by atoms with E-state index in [2.05, 4.69) is 0 Å². The molecule has 0 spiro atoms. The lowest BCUT2D eigenvalue weighted by atomic mass is 9.44. The Hall–Kier alpha value is -4.67. The molecule has 2 saturated heterocycles. The van der Waals surface area contributed by atoms with Gasteiger partial charge < -0.3 is 43.0 Å². The smallest absolute Gasteiger partial charge is 0.413 e. The van der Waals surface area contributed by atoms with Crippen LogP contribution in [-0.4, -0.2) is 120 Å². The van der Waals surface area contributed by atoms with Gasteiger partial charge in [0.05, 0.1) is 29.6 Å². The number of methoxy groups -OCH3 is 2. The number of amides is 1. The minimum Gasteiger partial charge on any atom is -0.456 e. The van der Waals surface area contributed by atoms with Crippen LogP contribution in [0.3, 0.4) is 0 Å². The number of carbonyl (C=O) groups excluding carboxylic acids is 5. The van der Waals surface area contributed by atoms with E-state index in [4.69, 9.17) is 37.9 Å². The summed E-state index contributed by atoms with van der Waals surface area (Å²) in [5, 5.41) is 13.9. The van der Waals surface area contributed by atoms with Gasteiger partial charge in [-0.05, 0) is 77.3 Å². The molecule has 63 heavy (non-hydrogen) atoms. The van der Waals surface area contributed by atoms with Crippen LogP contribution in [0.2, 0.25) is 0 Å². The van der Waals surface area contributed by atoms with Crippen molar-refractivity contribution >= 4 is 29.8 Å². The fourth-order valence-electron chi connectivity index (χ4n) is 11.2. The highest BCUT2D eigenvalue weighted by Gasteiger charge is 2.78. The largest absolute Gasteiger partial charge is 0.456 e. The van der Waals surface area contributed by atoms with Gasteiger partial charge in [0.15, 0.2) is 17.5 Å². The molecule has 0 radical (unpaired) electrons. The summed E-state index contributed by atoms with van der Waals surface area (Å²) in [5.74, 6) is -4.11. The van der Waals surface area contributed by atoms with Crippen molar-refractivity contribution in [2.24, 2.45) is 16.7 Å². The van der Waals surface area contributed by atoms with Crippen molar-refractivity contribution in [3.63, 3.8) is 0 Å². The Kier molecular flexibility index (Phi) is 11.8. The van der Waals surface area contributed by atoms with E-state index >= 15 is 4.79 Å². The predicted octanol–water partition coefficient (Wildman–Crippen LogP) is 6.05. The van der Waals surface area contributed by atoms with Crippen LogP contribution in [0.5, 0.6) is 0 Å². The van der Waals surface area contributed by atoms with Gasteiger partial charge in [0.1, 0.15) is 47.4 Å². The monoisotopic (exact) mass is 875 g/mol. The highest BCUT2D eigenvalue weighted by molar-refractivity contribution is 5.94. The van der Waals surface area contributed by atoms with Gasteiger partial charge in [-0.15, -0.1) is 0 Å². The second-order valence-corrected chi connectivity index (χ2v) is 19.7. The lowest BCUT2D eigenvalue weighted by Gasteiger charge is -2.67. The molecule has 342 valence electrons. The predicted molar refractivity (Wildman–Crippen MR) is 225 cm³/mol. The van der Waals surface area contributed by atoms with E-state index in [9.17, 15) is 24.3 Å². The van der Waals surface area contributed by atoms with Crippen LogP contribution in [0, 0.1) is 16.7 Å². The van der Waals surface area contributed by atoms with Gasteiger partial charge in [-0.2, -0.15) is 0 Å². The first kappa shape index (κ1) is 46.3. The third-order valence-electron chi connectivity index (χ3n) is 14.2. The van der Waals surface area contributed by atoms with Crippen LogP contribution in [0.1, 0.15) is 104 Å². The standard InChI is InChI=1S/C48H61NO14/c1-26-30(59-41(53)36-34(28-19-15-13-16-20-28)49(45(8,9)62-36)42(54)63-43(3,4)5)24-48(55)39(60-40(52)29-21-17-14-18-22-29)37-46(10,38(51)35(57-12)33(26)44(48,6)7)31(56-11)23-32-47(37,25-58-32)61-27(2)50/h13-22,30-32,34-37,39,55H,23-25H2,1-12H3/t30-,31-,32+,34-,35+,36+,37-,39-,46+,47-,48+/m0/s1. The molecule has 15 heteroatoms. The Morgan fingerprint density at radius 3 is 2.05 bits per heavy atom. The fraction of sp³-hybridized carbons (Fsp3) is 0.604. The number of ether oxygens (including phenoxy) is 8. The summed E-state index contributed by atoms with van der Waals surface area (Å²) in [6.45, 7) is 16.5. The molecule has 2 heterocycles. The van der Waals surface area contributed by atoms with Gasteiger partial charge in [0, 0.05) is 39.4 Å². The van der Waals surface area contributed by atoms with Crippen LogP contribution in [0.4, 0.5) is 4.79 Å². The number of nitrogens with zero attached hydrogens (tertiary/aromatic N) is 1. The average molecular weight is 876 g/mol. The third kappa shape index (κ3) is 7.37. The molecule has 7 rings (SSSR count). The SMILES string of the molecule is CO[C@H]1C(=O)[C@]2(C)[C@@H](OC)C[C@H]3OC[C@@]3(OC(C)=O)[C@H]2[C@H](OC(=O)c2ccccc2)[C@]2(O)C[C@H](OC(=O)[C@@H]3OC(C)(C)N(C(=O)OC(C)(C)C)[C@H]3c3ccccc3)C(C)=C1C2(C)C. The lowest BCUT2D eigenvalue weighted by Crippen LogP contribution is -2.82. The van der Waals surface area contributed by atoms with E-state index in [-0.39, 0.29) is 25.0 Å². The molecular weight excluding hydrogens is 815 g/mol. The van der Waals surface area contributed by atoms with Crippen molar-refractivity contribution in [1.29, 1.82) is 0 Å². The molecular formula is C48H61NO14. The molecule has 0 unspecified atom stereocenters. The Labute approximate surface area is 368 Å². The van der Waals surface area contributed by atoms with Gasteiger partial charge in [0.25, 0.3) is 0 Å². The highest BCUT2D eigenvalue weighted by atomic mass is 16.6. The van der Waals surface area contributed by atoms with Crippen LogP contribution in [0.25, 0.3) is 0 Å². The number of hydrogen-bond acceptors (Lipinski definition) is 14. The Balaban J connectivity index is 1.40. The minimum absolute atomic E-state index is 0.138. The first-order valence-corrected chi connectivity index (χ1v) is 21.5. The number of esters is 3. The van der Waals surface area contributed by atoms with E-state index in [1.165, 1.54) is 26.0 Å². The first-order chi connectivity index (χ1) is 29.4. The summed E-state index contributed by atoms with van der Waals surface area (Å²) in [4.78, 5) is 73.5. The number of aliphatic hydroxyl groups is 1. The molecule has 0 aromatic heterocycles. The highest BCUT2D eigenvalue weighted by Crippen LogP contribution is 2.65. The Bertz CT molecular complexity index is 2160. The maximum Gasteiger partial charge on any atom is 0.413 e. The molecule has 1 amide bonds. The normalized spacial score (nSPS) is 35.5. The number of benzene rings is 2. The quantitative estimate of drug-likeness (QED) is 0.184. The lowest BCUT2D eigenvalue weighted by molar-refractivity contribution is -0.347. The Morgan fingerprint density at radius 2 is 1.51 bits per heavy atom. The molecule has 2 bridgehead atoms. The molecule has 15 nitrogen and oxygen atoms in total. The zero-order valence-electron chi connectivity index (χ0n) is 38.2. The van der Waals surface area contributed by atoms with Gasteiger partial charge in [-0.25, -0.2) is 14.4 Å². The summed E-state index contributed by atoms with van der Waals surface area (Å²) < 4.78 is 49.8. The molecule has 4 fully saturated rings. The number of fused-ring (bicyclic) bond motifs is 5. The van der Waals surface area contributed by atoms with E-state index in [0.29, 0.717) is 16.7 Å². The zero-order valence-corrected chi connectivity index (χ0v) is 38.2. The van der Waals surface area contributed by atoms with Crippen molar-refractivity contribution in [2.75, 3.05) is 20.8 Å². The maximum atomic E-state index is 15.7. The third-order valence-corrected chi connectivity index (χ3v) is 14.2. The summed E-state index contributed by atoms with van der Waals surface area (Å²) in [7, 11) is 2.84. The second kappa shape index (κ2) is 16.1. The van der Waals surface area contributed by atoms with Crippen LogP contribution >= 0.6 is 0 Å². The molecule has 2 saturated carbocycles. The van der Waals surface area contributed by atoms with Crippen molar-refractivity contribution in [3.8, 4) is 0 Å². The van der Waals surface area contributed by atoms with Crippen molar-refractivity contribution in [1.82, 2.24) is 4.90 Å². The summed E-state index contributed by atoms with van der Waals surface area (Å²) in [6, 6.07) is 16.1. The molecule has 2 aromatic carbocycles. The summed E-state index contributed by atoms with van der Waals surface area (Å²) in [5.41, 5.74) is -7.58. The van der Waals surface area contributed by atoms with Gasteiger partial charge in [-0.3, -0.25) is 14.5 Å². The average Bonchev–Trinajstić information content (AvgIpc) is 3.50. The zero-order chi connectivity index (χ0) is 46.2.